The van der Waals surface area contributed by atoms with Gasteiger partial charge in [-0.1, -0.05) is 48.5 Å². The van der Waals surface area contributed by atoms with Crippen LogP contribution in [0.3, 0.4) is 0 Å². The van der Waals surface area contributed by atoms with Crippen LogP contribution in [0.2, 0.25) is 0 Å². The number of rotatable bonds is 0. The fourth-order valence-corrected chi connectivity index (χ4v) is 6.83. The van der Waals surface area contributed by atoms with Gasteiger partial charge >= 0.3 is 0 Å². The minimum Gasteiger partial charge on any atom is -0.0610 e. The van der Waals surface area contributed by atoms with Gasteiger partial charge in [-0.15, -0.1) is 0 Å². The second-order valence-electron chi connectivity index (χ2n) is 9.04. The molecule has 0 N–H and O–H groups in total. The highest BCUT2D eigenvalue weighted by molar-refractivity contribution is 6.41. The highest BCUT2D eigenvalue weighted by atomic mass is 14.3. The lowest BCUT2D eigenvalue weighted by Gasteiger charge is -2.30. The van der Waals surface area contributed by atoms with Gasteiger partial charge in [-0.25, -0.2) is 0 Å². The van der Waals surface area contributed by atoms with E-state index in [-0.39, 0.29) is 0 Å². The molecule has 6 aromatic carbocycles. The number of hydrogen-bond acceptors (Lipinski definition) is 0. The van der Waals surface area contributed by atoms with Crippen LogP contribution in [-0.2, 0) is 25.7 Å². The molecule has 0 saturated heterocycles. The maximum absolute atomic E-state index is 2.51. The molecule has 0 amide bonds. The Labute approximate surface area is 163 Å². The molecule has 0 fully saturated rings. The van der Waals surface area contributed by atoms with Crippen LogP contribution >= 0.6 is 0 Å². The summed E-state index contributed by atoms with van der Waals surface area (Å²) in [7, 11) is 0. The van der Waals surface area contributed by atoms with Crippen molar-refractivity contribution in [3.8, 4) is 0 Å². The highest BCUT2D eigenvalue weighted by Crippen LogP contribution is 2.51. The quantitative estimate of drug-likeness (QED) is 0.198. The smallest absolute Gasteiger partial charge is 0.000825 e. The zero-order chi connectivity index (χ0) is 18.0. The Morgan fingerprint density at radius 2 is 0.964 bits per heavy atom. The molecule has 0 aliphatic heterocycles. The molecule has 0 aromatic heterocycles. The third-order valence-electron chi connectivity index (χ3n) is 7.75. The number of benzene rings is 6. The van der Waals surface area contributed by atoms with E-state index < -0.39 is 0 Å². The third kappa shape index (κ3) is 1.43. The van der Waals surface area contributed by atoms with Gasteiger partial charge in [0.25, 0.3) is 0 Å². The fourth-order valence-electron chi connectivity index (χ4n) is 6.83. The molecular weight excluding hydrogens is 336 g/mol. The molecule has 6 aromatic rings. The molecule has 0 spiro atoms. The Bertz CT molecular complexity index is 1480. The van der Waals surface area contributed by atoms with E-state index in [0.717, 1.165) is 0 Å². The van der Waals surface area contributed by atoms with Gasteiger partial charge in [-0.3, -0.25) is 0 Å². The van der Waals surface area contributed by atoms with Crippen LogP contribution in [0.5, 0.6) is 0 Å². The van der Waals surface area contributed by atoms with Gasteiger partial charge in [0, 0.05) is 0 Å². The molecule has 0 bridgehead atoms. The van der Waals surface area contributed by atoms with Gasteiger partial charge in [0.15, 0.2) is 0 Å². The van der Waals surface area contributed by atoms with Crippen molar-refractivity contribution in [3.63, 3.8) is 0 Å². The molecule has 0 saturated carbocycles. The Morgan fingerprint density at radius 1 is 0.464 bits per heavy atom. The topological polar surface area (TPSA) is 0 Å². The van der Waals surface area contributed by atoms with E-state index in [1.54, 1.807) is 43.8 Å². The largest absolute Gasteiger partial charge is 0.0610 e. The molecule has 2 aliphatic rings. The van der Waals surface area contributed by atoms with Gasteiger partial charge in [-0.2, -0.15) is 0 Å². The van der Waals surface area contributed by atoms with Crippen molar-refractivity contribution in [2.24, 2.45) is 0 Å². The maximum Gasteiger partial charge on any atom is -0.000825 e. The number of hydrogen-bond donors (Lipinski definition) is 0. The molecule has 0 heteroatoms. The van der Waals surface area contributed by atoms with Crippen molar-refractivity contribution in [2.45, 2.75) is 38.5 Å². The van der Waals surface area contributed by atoms with Crippen LogP contribution in [-0.4, -0.2) is 0 Å². The SMILES string of the molecule is c1cc2cc3c4c(c5c6c(cc7cccc8c(c1)c2c4c6c78)CCC5)CCC3. The van der Waals surface area contributed by atoms with E-state index >= 15 is 0 Å². The van der Waals surface area contributed by atoms with Gasteiger partial charge in [-0.05, 0) is 115 Å². The molecule has 8 rings (SSSR count). The lowest BCUT2D eigenvalue weighted by molar-refractivity contribution is 0.766. The molecule has 0 unspecified atom stereocenters. The predicted octanol–water partition coefficient (Wildman–Crippen LogP) is 7.31. The average molecular weight is 356 g/mol. The molecule has 0 heterocycles. The van der Waals surface area contributed by atoms with Gasteiger partial charge in [0.2, 0.25) is 0 Å². The number of fused-ring (bicyclic) bond motifs is 2. The molecular formula is C28H20. The summed E-state index contributed by atoms with van der Waals surface area (Å²) in [4.78, 5) is 0. The molecule has 132 valence electrons. The standard InChI is InChI=1S/C28H20/c1-5-15-13-16-6-3-11-21-22-12-4-8-18-14-17-7-2-10-20-19(9-1)23(15)27(25(16)21)28(24(17)20)26(18)22/h1-2,5,7,9-10,13-14H,3-4,6,8,11-12H2. The molecule has 2 aliphatic carbocycles. The Hall–Kier alpha value is -2.86. The van der Waals surface area contributed by atoms with E-state index in [1.165, 1.54) is 70.8 Å². The summed E-state index contributed by atoms with van der Waals surface area (Å²) in [5, 5.41) is 15.2. The van der Waals surface area contributed by atoms with Crippen LogP contribution in [0, 0.1) is 0 Å². The van der Waals surface area contributed by atoms with E-state index in [1.807, 2.05) is 0 Å². The first-order chi connectivity index (χ1) is 13.9. The van der Waals surface area contributed by atoms with Crippen LogP contribution in [0.4, 0.5) is 0 Å². The Balaban J connectivity index is 1.88. The van der Waals surface area contributed by atoms with E-state index in [9.17, 15) is 0 Å². The van der Waals surface area contributed by atoms with Crippen LogP contribution < -0.4 is 0 Å². The molecule has 0 nitrogen and oxygen atoms in total. The zero-order valence-electron chi connectivity index (χ0n) is 15.9. The van der Waals surface area contributed by atoms with Crippen molar-refractivity contribution < 1.29 is 0 Å². The second kappa shape index (κ2) is 4.58. The zero-order valence-corrected chi connectivity index (χ0v) is 15.9. The lowest BCUT2D eigenvalue weighted by Crippen LogP contribution is -2.11. The first kappa shape index (κ1) is 14.2. The van der Waals surface area contributed by atoms with Crippen molar-refractivity contribution >= 4 is 53.9 Å². The molecule has 0 radical (unpaired) electrons. The van der Waals surface area contributed by atoms with Crippen LogP contribution in [0.15, 0.2) is 48.5 Å². The predicted molar refractivity (Wildman–Crippen MR) is 120 cm³/mol. The maximum atomic E-state index is 2.51. The lowest BCUT2D eigenvalue weighted by atomic mass is 9.73. The summed E-state index contributed by atoms with van der Waals surface area (Å²) < 4.78 is 0. The number of aryl methyl sites for hydroxylation is 4. The highest BCUT2D eigenvalue weighted by Gasteiger charge is 2.28. The Morgan fingerprint density at radius 3 is 1.46 bits per heavy atom. The fraction of sp³-hybridized carbons (Fsp3) is 0.214. The van der Waals surface area contributed by atoms with Crippen LogP contribution in [0.25, 0.3) is 53.9 Å². The van der Waals surface area contributed by atoms with Gasteiger partial charge in [0.05, 0.1) is 0 Å². The summed E-state index contributed by atoms with van der Waals surface area (Å²) in [6, 6.07) is 18.9. The molecule has 0 atom stereocenters. The van der Waals surface area contributed by atoms with Gasteiger partial charge < -0.3 is 0 Å². The average Bonchev–Trinajstić information content (AvgIpc) is 2.74. The minimum atomic E-state index is 1.24. The normalized spacial score (nSPS) is 16.4. The van der Waals surface area contributed by atoms with Crippen molar-refractivity contribution in [3.05, 3.63) is 70.8 Å². The minimum absolute atomic E-state index is 1.24. The monoisotopic (exact) mass is 356 g/mol. The molecule has 28 heavy (non-hydrogen) atoms. The Kier molecular flexibility index (Phi) is 2.32. The van der Waals surface area contributed by atoms with E-state index in [4.69, 9.17) is 0 Å². The first-order valence-electron chi connectivity index (χ1n) is 10.8. The third-order valence-corrected chi connectivity index (χ3v) is 7.75. The van der Waals surface area contributed by atoms with Gasteiger partial charge in [0.1, 0.15) is 0 Å². The summed E-state index contributed by atoms with van der Waals surface area (Å²) in [5.41, 5.74) is 6.59. The summed E-state index contributed by atoms with van der Waals surface area (Å²) in [5.74, 6) is 0. The van der Waals surface area contributed by atoms with Crippen molar-refractivity contribution in [1.82, 2.24) is 0 Å². The summed E-state index contributed by atoms with van der Waals surface area (Å²) in [6.45, 7) is 0. The van der Waals surface area contributed by atoms with Crippen molar-refractivity contribution in [2.75, 3.05) is 0 Å². The van der Waals surface area contributed by atoms with Crippen molar-refractivity contribution in [1.29, 1.82) is 0 Å². The van der Waals surface area contributed by atoms with E-state index in [2.05, 4.69) is 48.5 Å². The van der Waals surface area contributed by atoms with E-state index in [0.29, 0.717) is 0 Å². The summed E-state index contributed by atoms with van der Waals surface area (Å²) >= 11 is 0. The summed E-state index contributed by atoms with van der Waals surface area (Å²) in [6.07, 6.45) is 7.61. The van der Waals surface area contributed by atoms with Crippen LogP contribution in [0.1, 0.15) is 35.1 Å². The first-order valence-corrected chi connectivity index (χ1v) is 10.8. The second-order valence-corrected chi connectivity index (χ2v) is 9.04.